The van der Waals surface area contributed by atoms with Crippen LogP contribution in [0.1, 0.15) is 0 Å². The van der Waals surface area contributed by atoms with Gasteiger partial charge in [-0.05, 0) is 18.2 Å². The van der Waals surface area contributed by atoms with Crippen molar-refractivity contribution >= 4 is 22.9 Å². The number of halogens is 1. The van der Waals surface area contributed by atoms with Gasteiger partial charge < -0.3 is 0 Å². The Morgan fingerprint density at radius 3 is 2.67 bits per heavy atom. The van der Waals surface area contributed by atoms with E-state index in [0.29, 0.717) is 10.8 Å². The van der Waals surface area contributed by atoms with E-state index in [4.69, 9.17) is 11.6 Å². The van der Waals surface area contributed by atoms with Crippen LogP contribution in [0.25, 0.3) is 22.1 Å². The first-order valence-electron chi connectivity index (χ1n) is 5.32. The van der Waals surface area contributed by atoms with Crippen molar-refractivity contribution < 1.29 is 0 Å². The number of nitrogens with zero attached hydrogens (tertiary/aromatic N) is 3. The first kappa shape index (κ1) is 11.3. The molecule has 0 saturated heterocycles. The average Bonchev–Trinajstić information content (AvgIpc) is 2.89. The minimum absolute atomic E-state index is 0.649. The van der Waals surface area contributed by atoms with Crippen molar-refractivity contribution in [2.24, 2.45) is 0 Å². The number of thiazole rings is 1. The summed E-state index contributed by atoms with van der Waals surface area (Å²) in [5.74, 6) is 0.649. The smallest absolute Gasteiger partial charge is 0.188 e. The summed E-state index contributed by atoms with van der Waals surface area (Å²) in [5.41, 5.74) is 1.89. The van der Waals surface area contributed by atoms with E-state index in [0.717, 1.165) is 16.3 Å². The Hall–Kier alpha value is -1.78. The standard InChI is InChI=1S/C13H8ClN3S/c14-10-4-1-3-9(7-10)11-8-18-13(17-11)12-15-5-2-6-16-12/h1-8H. The molecule has 0 aliphatic rings. The van der Waals surface area contributed by atoms with Crippen LogP contribution in [0.5, 0.6) is 0 Å². The third kappa shape index (κ3) is 2.25. The maximum absolute atomic E-state index is 5.97. The molecule has 0 spiro atoms. The first-order chi connectivity index (χ1) is 8.83. The first-order valence-corrected chi connectivity index (χ1v) is 6.57. The molecule has 18 heavy (non-hydrogen) atoms. The second-order valence-corrected chi connectivity index (χ2v) is 4.92. The van der Waals surface area contributed by atoms with Crippen molar-refractivity contribution in [1.29, 1.82) is 0 Å². The van der Waals surface area contributed by atoms with Gasteiger partial charge in [0.1, 0.15) is 0 Å². The molecule has 0 bridgehead atoms. The van der Waals surface area contributed by atoms with Gasteiger partial charge in [-0.2, -0.15) is 0 Å². The molecule has 3 aromatic rings. The largest absolute Gasteiger partial charge is 0.234 e. The zero-order chi connectivity index (χ0) is 12.4. The lowest BCUT2D eigenvalue weighted by Crippen LogP contribution is -1.85. The third-order valence-corrected chi connectivity index (χ3v) is 3.45. The SMILES string of the molecule is Clc1cccc(-c2csc(-c3ncccn3)n2)c1. The molecule has 0 amide bonds. The Kier molecular flexibility index (Phi) is 3.04. The van der Waals surface area contributed by atoms with Crippen molar-refractivity contribution in [3.63, 3.8) is 0 Å². The van der Waals surface area contributed by atoms with Crippen molar-refractivity contribution in [3.05, 3.63) is 53.1 Å². The molecule has 3 nitrogen and oxygen atoms in total. The van der Waals surface area contributed by atoms with Gasteiger partial charge in [-0.3, -0.25) is 0 Å². The Morgan fingerprint density at radius 1 is 1.06 bits per heavy atom. The van der Waals surface area contributed by atoms with Gasteiger partial charge in [-0.1, -0.05) is 23.7 Å². The number of benzene rings is 1. The molecule has 0 aliphatic carbocycles. The van der Waals surface area contributed by atoms with Crippen LogP contribution in [0.4, 0.5) is 0 Å². The van der Waals surface area contributed by atoms with Crippen molar-refractivity contribution in [3.8, 4) is 22.1 Å². The quantitative estimate of drug-likeness (QED) is 0.710. The molecule has 0 N–H and O–H groups in total. The number of aromatic nitrogens is 3. The van der Waals surface area contributed by atoms with E-state index in [1.165, 1.54) is 11.3 Å². The lowest BCUT2D eigenvalue weighted by molar-refractivity contribution is 1.16. The van der Waals surface area contributed by atoms with Gasteiger partial charge in [-0.25, -0.2) is 15.0 Å². The summed E-state index contributed by atoms with van der Waals surface area (Å²) in [6.45, 7) is 0. The molecule has 0 atom stereocenters. The van der Waals surface area contributed by atoms with Gasteiger partial charge in [-0.15, -0.1) is 11.3 Å². The zero-order valence-electron chi connectivity index (χ0n) is 9.25. The normalized spacial score (nSPS) is 10.5. The van der Waals surface area contributed by atoms with Crippen molar-refractivity contribution in [2.75, 3.05) is 0 Å². The minimum atomic E-state index is 0.649. The van der Waals surface area contributed by atoms with Crippen LogP contribution in [0.15, 0.2) is 48.1 Å². The van der Waals surface area contributed by atoms with Crippen LogP contribution in [0.3, 0.4) is 0 Å². The molecule has 0 unspecified atom stereocenters. The van der Waals surface area contributed by atoms with Gasteiger partial charge in [0.05, 0.1) is 5.69 Å². The second-order valence-electron chi connectivity index (χ2n) is 3.62. The molecule has 3 rings (SSSR count). The Morgan fingerprint density at radius 2 is 1.89 bits per heavy atom. The number of hydrogen-bond donors (Lipinski definition) is 0. The summed E-state index contributed by atoms with van der Waals surface area (Å²) in [6.07, 6.45) is 3.42. The molecule has 88 valence electrons. The monoisotopic (exact) mass is 273 g/mol. The highest BCUT2D eigenvalue weighted by molar-refractivity contribution is 7.13. The molecular formula is C13H8ClN3S. The number of rotatable bonds is 2. The highest BCUT2D eigenvalue weighted by Crippen LogP contribution is 2.27. The molecule has 1 aromatic carbocycles. The van der Waals surface area contributed by atoms with Crippen LogP contribution >= 0.6 is 22.9 Å². The fourth-order valence-corrected chi connectivity index (χ4v) is 2.53. The van der Waals surface area contributed by atoms with Crippen LogP contribution in [-0.2, 0) is 0 Å². The summed E-state index contributed by atoms with van der Waals surface area (Å²) in [7, 11) is 0. The molecule has 0 fully saturated rings. The van der Waals surface area contributed by atoms with Crippen LogP contribution in [0.2, 0.25) is 5.02 Å². The van der Waals surface area contributed by atoms with E-state index in [1.807, 2.05) is 29.6 Å². The highest BCUT2D eigenvalue weighted by Gasteiger charge is 2.08. The molecule has 0 saturated carbocycles. The lowest BCUT2D eigenvalue weighted by Gasteiger charge is -1.96. The molecule has 5 heteroatoms. The summed E-state index contributed by atoms with van der Waals surface area (Å²) in [5, 5.41) is 3.50. The molecule has 2 heterocycles. The maximum Gasteiger partial charge on any atom is 0.188 e. The van der Waals surface area contributed by atoms with Gasteiger partial charge in [0.25, 0.3) is 0 Å². The van der Waals surface area contributed by atoms with E-state index >= 15 is 0 Å². The van der Waals surface area contributed by atoms with Gasteiger partial charge >= 0.3 is 0 Å². The lowest BCUT2D eigenvalue weighted by atomic mass is 10.2. The van der Waals surface area contributed by atoms with E-state index in [-0.39, 0.29) is 0 Å². The third-order valence-electron chi connectivity index (χ3n) is 2.38. The minimum Gasteiger partial charge on any atom is -0.234 e. The van der Waals surface area contributed by atoms with E-state index in [1.54, 1.807) is 18.5 Å². The van der Waals surface area contributed by atoms with Gasteiger partial charge in [0, 0.05) is 28.4 Å². The van der Waals surface area contributed by atoms with Crippen LogP contribution in [0, 0.1) is 0 Å². The average molecular weight is 274 g/mol. The Bertz CT molecular complexity index is 667. The highest BCUT2D eigenvalue weighted by atomic mass is 35.5. The topological polar surface area (TPSA) is 38.7 Å². The fraction of sp³-hybridized carbons (Fsp3) is 0. The van der Waals surface area contributed by atoms with Crippen LogP contribution < -0.4 is 0 Å². The van der Waals surface area contributed by atoms with Gasteiger partial charge in [0.2, 0.25) is 0 Å². The summed E-state index contributed by atoms with van der Waals surface area (Å²) in [6, 6.07) is 9.42. The molecule has 0 aliphatic heterocycles. The number of hydrogen-bond acceptors (Lipinski definition) is 4. The van der Waals surface area contributed by atoms with Crippen molar-refractivity contribution in [1.82, 2.24) is 15.0 Å². The zero-order valence-corrected chi connectivity index (χ0v) is 10.8. The fourth-order valence-electron chi connectivity index (χ4n) is 1.57. The van der Waals surface area contributed by atoms with E-state index in [9.17, 15) is 0 Å². The summed E-state index contributed by atoms with van der Waals surface area (Å²) in [4.78, 5) is 12.9. The summed E-state index contributed by atoms with van der Waals surface area (Å²) < 4.78 is 0. The molecule has 2 aromatic heterocycles. The van der Waals surface area contributed by atoms with Gasteiger partial charge in [0.15, 0.2) is 10.8 Å². The van der Waals surface area contributed by atoms with Crippen molar-refractivity contribution in [2.45, 2.75) is 0 Å². The van der Waals surface area contributed by atoms with E-state index in [2.05, 4.69) is 15.0 Å². The predicted molar refractivity (Wildman–Crippen MR) is 73.6 cm³/mol. The maximum atomic E-state index is 5.97. The molecule has 0 radical (unpaired) electrons. The van der Waals surface area contributed by atoms with Crippen LogP contribution in [-0.4, -0.2) is 15.0 Å². The second kappa shape index (κ2) is 4.84. The predicted octanol–water partition coefficient (Wildman–Crippen LogP) is 3.92. The summed E-state index contributed by atoms with van der Waals surface area (Å²) >= 11 is 7.49. The Labute approximate surface area is 113 Å². The molecular weight excluding hydrogens is 266 g/mol. The van der Waals surface area contributed by atoms with E-state index < -0.39 is 0 Å². The Balaban J connectivity index is 2.00.